The van der Waals surface area contributed by atoms with Gasteiger partial charge in [0.15, 0.2) is 0 Å². The molecule has 3 atom stereocenters. The summed E-state index contributed by atoms with van der Waals surface area (Å²) < 4.78 is 5.44. The van der Waals surface area contributed by atoms with Gasteiger partial charge in [-0.3, -0.25) is 4.79 Å². The van der Waals surface area contributed by atoms with Crippen molar-refractivity contribution in [3.63, 3.8) is 0 Å². The monoisotopic (exact) mass is 216 g/mol. The fourth-order valence-corrected chi connectivity index (χ4v) is 2.10. The van der Waals surface area contributed by atoms with Crippen LogP contribution in [0.4, 0.5) is 0 Å². The second-order valence-corrected chi connectivity index (χ2v) is 4.88. The molecule has 0 amide bonds. The predicted octanol–water partition coefficient (Wildman–Crippen LogP) is 2.82. The summed E-state index contributed by atoms with van der Waals surface area (Å²) in [5.41, 5.74) is 0. The van der Waals surface area contributed by atoms with E-state index in [1.807, 2.05) is 0 Å². The van der Waals surface area contributed by atoms with Crippen LogP contribution in [-0.2, 0) is 9.53 Å². The molecule has 1 fully saturated rings. The standard InChI is InChI=1S/C11H20O2S/c1-3-9-6-4-5-7-10(9)13-11(12)8(2)14/h8-10,14H,3-7H2,1-2H3. The average Bonchev–Trinajstić information content (AvgIpc) is 2.18. The molecular formula is C11H20O2S. The fraction of sp³-hybridized carbons (Fsp3) is 0.909. The number of hydrogen-bond donors (Lipinski definition) is 1. The first-order chi connectivity index (χ1) is 6.65. The molecule has 3 unspecified atom stereocenters. The maximum absolute atomic E-state index is 11.4. The van der Waals surface area contributed by atoms with Gasteiger partial charge in [0, 0.05) is 0 Å². The van der Waals surface area contributed by atoms with E-state index in [0.29, 0.717) is 5.92 Å². The molecule has 0 aromatic rings. The van der Waals surface area contributed by atoms with Gasteiger partial charge >= 0.3 is 5.97 Å². The maximum Gasteiger partial charge on any atom is 0.318 e. The van der Waals surface area contributed by atoms with E-state index in [-0.39, 0.29) is 17.3 Å². The third kappa shape index (κ3) is 3.19. The molecule has 0 radical (unpaired) electrons. The van der Waals surface area contributed by atoms with Crippen LogP contribution in [0.2, 0.25) is 0 Å². The highest BCUT2D eigenvalue weighted by Crippen LogP contribution is 2.29. The molecule has 1 aliphatic carbocycles. The molecule has 0 spiro atoms. The summed E-state index contributed by atoms with van der Waals surface area (Å²) in [7, 11) is 0. The van der Waals surface area contributed by atoms with Gasteiger partial charge < -0.3 is 4.74 Å². The van der Waals surface area contributed by atoms with Gasteiger partial charge in [-0.1, -0.05) is 13.3 Å². The first-order valence-electron chi connectivity index (χ1n) is 5.53. The van der Waals surface area contributed by atoms with Crippen LogP contribution in [0.1, 0.15) is 46.0 Å². The van der Waals surface area contributed by atoms with Crippen molar-refractivity contribution in [1.29, 1.82) is 0 Å². The summed E-state index contributed by atoms with van der Waals surface area (Å²) in [4.78, 5) is 11.4. The third-order valence-corrected chi connectivity index (χ3v) is 3.18. The lowest BCUT2D eigenvalue weighted by molar-refractivity contribution is -0.152. The largest absolute Gasteiger partial charge is 0.461 e. The minimum Gasteiger partial charge on any atom is -0.461 e. The summed E-state index contributed by atoms with van der Waals surface area (Å²) in [5, 5.41) is -0.297. The normalized spacial score (nSPS) is 29.6. The Morgan fingerprint density at radius 3 is 2.71 bits per heavy atom. The molecule has 82 valence electrons. The van der Waals surface area contributed by atoms with Crippen LogP contribution >= 0.6 is 12.6 Å². The number of carbonyl (C=O) groups excluding carboxylic acids is 1. The van der Waals surface area contributed by atoms with Crippen molar-refractivity contribution >= 4 is 18.6 Å². The molecule has 0 aliphatic heterocycles. The first kappa shape index (κ1) is 11.9. The van der Waals surface area contributed by atoms with E-state index in [4.69, 9.17) is 4.74 Å². The Balaban J connectivity index is 2.44. The molecule has 0 aromatic heterocycles. The summed E-state index contributed by atoms with van der Waals surface area (Å²) in [6.07, 6.45) is 5.97. The highest BCUT2D eigenvalue weighted by Gasteiger charge is 2.27. The van der Waals surface area contributed by atoms with Gasteiger partial charge in [0.1, 0.15) is 6.10 Å². The number of carbonyl (C=O) groups is 1. The second-order valence-electron chi connectivity index (χ2n) is 4.10. The van der Waals surface area contributed by atoms with Crippen LogP contribution in [0, 0.1) is 5.92 Å². The van der Waals surface area contributed by atoms with Crippen molar-refractivity contribution in [1.82, 2.24) is 0 Å². The zero-order valence-electron chi connectivity index (χ0n) is 9.03. The topological polar surface area (TPSA) is 26.3 Å². The Bertz CT molecular complexity index is 192. The van der Waals surface area contributed by atoms with E-state index >= 15 is 0 Å². The van der Waals surface area contributed by atoms with E-state index in [0.717, 1.165) is 12.8 Å². The van der Waals surface area contributed by atoms with Crippen LogP contribution in [0.25, 0.3) is 0 Å². The zero-order valence-corrected chi connectivity index (χ0v) is 9.93. The molecule has 14 heavy (non-hydrogen) atoms. The molecule has 1 saturated carbocycles. The lowest BCUT2D eigenvalue weighted by Gasteiger charge is -2.30. The summed E-state index contributed by atoms with van der Waals surface area (Å²) in [5.74, 6) is 0.401. The van der Waals surface area contributed by atoms with Gasteiger partial charge in [0.2, 0.25) is 0 Å². The van der Waals surface area contributed by atoms with E-state index in [9.17, 15) is 4.79 Å². The second kappa shape index (κ2) is 5.64. The van der Waals surface area contributed by atoms with Crippen LogP contribution in [0.3, 0.4) is 0 Å². The Hall–Kier alpha value is -0.180. The zero-order chi connectivity index (χ0) is 10.6. The summed E-state index contributed by atoms with van der Waals surface area (Å²) in [6, 6.07) is 0. The van der Waals surface area contributed by atoms with Gasteiger partial charge in [0.25, 0.3) is 0 Å². The van der Waals surface area contributed by atoms with Crippen molar-refractivity contribution in [2.45, 2.75) is 57.3 Å². The molecule has 0 bridgehead atoms. The van der Waals surface area contributed by atoms with Crippen molar-refractivity contribution in [3.8, 4) is 0 Å². The van der Waals surface area contributed by atoms with Crippen LogP contribution in [0.15, 0.2) is 0 Å². The lowest BCUT2D eigenvalue weighted by atomic mass is 9.85. The smallest absolute Gasteiger partial charge is 0.318 e. The number of thiol groups is 1. The molecule has 3 heteroatoms. The molecule has 0 N–H and O–H groups in total. The third-order valence-electron chi connectivity index (χ3n) is 2.97. The Kier molecular flexibility index (Phi) is 4.79. The number of rotatable bonds is 3. The van der Waals surface area contributed by atoms with Gasteiger partial charge in [0.05, 0.1) is 5.25 Å². The highest BCUT2D eigenvalue weighted by molar-refractivity contribution is 7.81. The fourth-order valence-electron chi connectivity index (χ4n) is 2.04. The van der Waals surface area contributed by atoms with E-state index < -0.39 is 0 Å². The van der Waals surface area contributed by atoms with Gasteiger partial charge in [-0.25, -0.2) is 0 Å². The minimum atomic E-state index is -0.297. The molecule has 1 aliphatic rings. The summed E-state index contributed by atoms with van der Waals surface area (Å²) in [6.45, 7) is 3.93. The maximum atomic E-state index is 11.4. The average molecular weight is 216 g/mol. The Morgan fingerprint density at radius 1 is 1.50 bits per heavy atom. The quantitative estimate of drug-likeness (QED) is 0.580. The van der Waals surface area contributed by atoms with Gasteiger partial charge in [-0.05, 0) is 38.5 Å². The number of esters is 1. The molecule has 1 rings (SSSR count). The van der Waals surface area contributed by atoms with E-state index in [1.54, 1.807) is 6.92 Å². The molecule has 0 saturated heterocycles. The van der Waals surface area contributed by atoms with Crippen molar-refractivity contribution in [2.75, 3.05) is 0 Å². The van der Waals surface area contributed by atoms with E-state index in [2.05, 4.69) is 19.6 Å². The van der Waals surface area contributed by atoms with Crippen molar-refractivity contribution < 1.29 is 9.53 Å². The predicted molar refractivity (Wildman–Crippen MR) is 60.6 cm³/mol. The number of ether oxygens (including phenoxy) is 1. The Morgan fingerprint density at radius 2 is 2.14 bits per heavy atom. The number of hydrogen-bond acceptors (Lipinski definition) is 3. The minimum absolute atomic E-state index is 0.149. The molecular weight excluding hydrogens is 196 g/mol. The molecule has 0 heterocycles. The van der Waals surface area contributed by atoms with E-state index in [1.165, 1.54) is 19.3 Å². The van der Waals surface area contributed by atoms with Crippen LogP contribution in [-0.4, -0.2) is 17.3 Å². The highest BCUT2D eigenvalue weighted by atomic mass is 32.1. The van der Waals surface area contributed by atoms with Crippen molar-refractivity contribution in [3.05, 3.63) is 0 Å². The van der Waals surface area contributed by atoms with Crippen LogP contribution in [0.5, 0.6) is 0 Å². The van der Waals surface area contributed by atoms with Gasteiger partial charge in [-0.2, -0.15) is 12.6 Å². The van der Waals surface area contributed by atoms with Crippen LogP contribution < -0.4 is 0 Å². The van der Waals surface area contributed by atoms with Crippen molar-refractivity contribution in [2.24, 2.45) is 5.92 Å². The molecule has 0 aromatic carbocycles. The Labute approximate surface area is 91.8 Å². The molecule has 2 nitrogen and oxygen atoms in total. The summed E-state index contributed by atoms with van der Waals surface area (Å²) >= 11 is 4.08. The van der Waals surface area contributed by atoms with Gasteiger partial charge in [-0.15, -0.1) is 0 Å². The SMILES string of the molecule is CCC1CCCCC1OC(=O)C(C)S. The lowest BCUT2D eigenvalue weighted by Crippen LogP contribution is -2.31. The first-order valence-corrected chi connectivity index (χ1v) is 6.05.